The van der Waals surface area contributed by atoms with Gasteiger partial charge in [-0.2, -0.15) is 0 Å². The van der Waals surface area contributed by atoms with E-state index < -0.39 is 8.32 Å². The maximum atomic E-state index is 5.77. The highest BCUT2D eigenvalue weighted by atomic mass is 28.4. The highest BCUT2D eigenvalue weighted by Gasteiger charge is 2.17. The molecule has 2 nitrogen and oxygen atoms in total. The second kappa shape index (κ2) is 3.81. The number of allylic oxidation sites excluding steroid dienone is 1. The summed E-state index contributed by atoms with van der Waals surface area (Å²) in [5.41, 5.74) is 0. The van der Waals surface area contributed by atoms with Gasteiger partial charge in [0.2, 0.25) is 8.32 Å². The quantitative estimate of drug-likeness (QED) is 0.479. The first kappa shape index (κ1) is 10.6. The normalized spacial score (nSPS) is 13.1. The summed E-state index contributed by atoms with van der Waals surface area (Å²) in [6.07, 6.45) is 2.00. The molecule has 0 aliphatic rings. The van der Waals surface area contributed by atoms with E-state index >= 15 is 0 Å². The maximum absolute atomic E-state index is 5.77. The van der Waals surface area contributed by atoms with Crippen molar-refractivity contribution >= 4 is 8.32 Å². The van der Waals surface area contributed by atoms with E-state index in [0.29, 0.717) is 0 Å². The van der Waals surface area contributed by atoms with Crippen LogP contribution in [0.4, 0.5) is 0 Å². The number of nitrogens with zero attached hydrogens (tertiary/aromatic N) is 1. The molecular weight excluding hydrogens is 154 g/mol. The lowest BCUT2D eigenvalue weighted by molar-refractivity contribution is 0.275. The molecule has 11 heavy (non-hydrogen) atoms. The molecule has 0 fully saturated rings. The zero-order valence-electron chi connectivity index (χ0n) is 8.43. The molecule has 3 heteroatoms. The van der Waals surface area contributed by atoms with Gasteiger partial charge in [0.25, 0.3) is 0 Å². The van der Waals surface area contributed by atoms with Crippen molar-refractivity contribution in [2.24, 2.45) is 0 Å². The van der Waals surface area contributed by atoms with Crippen LogP contribution in [0.2, 0.25) is 19.6 Å². The third-order valence-electron chi connectivity index (χ3n) is 1.10. The Morgan fingerprint density at radius 1 is 1.27 bits per heavy atom. The topological polar surface area (TPSA) is 12.5 Å². The van der Waals surface area contributed by atoms with Crippen LogP contribution in [-0.2, 0) is 4.43 Å². The molecule has 0 aliphatic carbocycles. The molecule has 66 valence electrons. The third-order valence-corrected chi connectivity index (χ3v) is 1.92. The van der Waals surface area contributed by atoms with E-state index in [9.17, 15) is 0 Å². The maximum Gasteiger partial charge on any atom is 0.244 e. The number of hydrogen-bond acceptors (Lipinski definition) is 2. The Morgan fingerprint density at radius 3 is 1.82 bits per heavy atom. The van der Waals surface area contributed by atoms with Crippen molar-refractivity contribution in [1.29, 1.82) is 0 Å². The first-order valence-corrected chi connectivity index (χ1v) is 7.30. The fourth-order valence-corrected chi connectivity index (χ4v) is 1.65. The average Bonchev–Trinajstić information content (AvgIpc) is 1.80. The Labute approximate surface area is 71.0 Å². The summed E-state index contributed by atoms with van der Waals surface area (Å²) < 4.78 is 5.77. The monoisotopic (exact) mass is 173 g/mol. The van der Waals surface area contributed by atoms with Gasteiger partial charge in [-0.05, 0) is 32.6 Å². The van der Waals surface area contributed by atoms with Gasteiger partial charge in [0, 0.05) is 14.1 Å². The minimum Gasteiger partial charge on any atom is -0.533 e. The SMILES string of the molecule is C/C=C(/O[Si](C)(C)C)N(C)C. The molecule has 0 unspecified atom stereocenters. The Balaban J connectivity index is 4.12. The van der Waals surface area contributed by atoms with E-state index in [1.165, 1.54) is 0 Å². The van der Waals surface area contributed by atoms with Gasteiger partial charge in [0.15, 0.2) is 5.88 Å². The second-order valence-corrected chi connectivity index (χ2v) is 8.16. The Kier molecular flexibility index (Phi) is 3.65. The van der Waals surface area contributed by atoms with Crippen LogP contribution in [0.3, 0.4) is 0 Å². The molecule has 0 N–H and O–H groups in total. The molecule has 0 spiro atoms. The molecule has 0 heterocycles. The highest BCUT2D eigenvalue weighted by molar-refractivity contribution is 6.70. The van der Waals surface area contributed by atoms with E-state index in [4.69, 9.17) is 4.43 Å². The Morgan fingerprint density at radius 2 is 1.73 bits per heavy atom. The highest BCUT2D eigenvalue weighted by Crippen LogP contribution is 2.11. The molecule has 0 aliphatic heterocycles. The van der Waals surface area contributed by atoms with Crippen molar-refractivity contribution in [1.82, 2.24) is 4.90 Å². The van der Waals surface area contributed by atoms with Gasteiger partial charge in [-0.15, -0.1) is 0 Å². The van der Waals surface area contributed by atoms with Gasteiger partial charge in [0.05, 0.1) is 0 Å². The molecule has 0 saturated heterocycles. The molecule has 0 bridgehead atoms. The van der Waals surface area contributed by atoms with Crippen LogP contribution in [0.15, 0.2) is 12.0 Å². The summed E-state index contributed by atoms with van der Waals surface area (Å²) in [5.74, 6) is 0.976. The fraction of sp³-hybridized carbons (Fsp3) is 0.750. The van der Waals surface area contributed by atoms with Crippen molar-refractivity contribution in [3.05, 3.63) is 12.0 Å². The average molecular weight is 173 g/mol. The third kappa shape index (κ3) is 4.90. The van der Waals surface area contributed by atoms with Crippen molar-refractivity contribution < 1.29 is 4.43 Å². The second-order valence-electron chi connectivity index (χ2n) is 3.74. The standard InChI is InChI=1S/C8H19NOSi/c1-7-8(9(2)3)10-11(4,5)6/h7H,1-6H3/b8-7+. The molecule has 0 atom stereocenters. The predicted octanol–water partition coefficient (Wildman–Crippen LogP) is 2.26. The van der Waals surface area contributed by atoms with Crippen molar-refractivity contribution in [2.45, 2.75) is 26.6 Å². The van der Waals surface area contributed by atoms with Gasteiger partial charge < -0.3 is 9.33 Å². The zero-order chi connectivity index (χ0) is 9.07. The molecule has 0 saturated carbocycles. The van der Waals surface area contributed by atoms with E-state index in [0.717, 1.165) is 5.88 Å². The van der Waals surface area contributed by atoms with Crippen molar-refractivity contribution in [3.8, 4) is 0 Å². The van der Waals surface area contributed by atoms with E-state index in [2.05, 4.69) is 19.6 Å². The van der Waals surface area contributed by atoms with Gasteiger partial charge in [-0.1, -0.05) is 0 Å². The summed E-state index contributed by atoms with van der Waals surface area (Å²) in [4.78, 5) is 2.00. The predicted molar refractivity (Wildman–Crippen MR) is 51.9 cm³/mol. The Bertz CT molecular complexity index is 147. The van der Waals surface area contributed by atoms with Crippen LogP contribution >= 0.6 is 0 Å². The molecule has 0 amide bonds. The van der Waals surface area contributed by atoms with Gasteiger partial charge in [-0.25, -0.2) is 0 Å². The summed E-state index contributed by atoms with van der Waals surface area (Å²) >= 11 is 0. The smallest absolute Gasteiger partial charge is 0.244 e. The molecule has 0 aromatic carbocycles. The summed E-state index contributed by atoms with van der Waals surface area (Å²) in [7, 11) is 2.58. The molecule has 0 aromatic heterocycles. The molecule has 0 rings (SSSR count). The van der Waals surface area contributed by atoms with Crippen molar-refractivity contribution in [2.75, 3.05) is 14.1 Å². The zero-order valence-corrected chi connectivity index (χ0v) is 9.43. The van der Waals surface area contributed by atoms with Crippen LogP contribution in [-0.4, -0.2) is 27.3 Å². The fourth-order valence-electron chi connectivity index (χ4n) is 0.722. The van der Waals surface area contributed by atoms with Gasteiger partial charge >= 0.3 is 0 Å². The van der Waals surface area contributed by atoms with Gasteiger partial charge in [0.1, 0.15) is 0 Å². The van der Waals surface area contributed by atoms with Gasteiger partial charge in [-0.3, -0.25) is 0 Å². The first-order chi connectivity index (χ1) is 4.87. The van der Waals surface area contributed by atoms with Crippen LogP contribution < -0.4 is 0 Å². The summed E-state index contributed by atoms with van der Waals surface area (Å²) in [6, 6.07) is 0. The van der Waals surface area contributed by atoms with E-state index in [1.54, 1.807) is 0 Å². The number of rotatable bonds is 3. The van der Waals surface area contributed by atoms with Crippen LogP contribution in [0, 0.1) is 0 Å². The molecule has 0 aromatic rings. The molecule has 0 radical (unpaired) electrons. The van der Waals surface area contributed by atoms with Crippen molar-refractivity contribution in [3.63, 3.8) is 0 Å². The number of hydrogen-bond donors (Lipinski definition) is 0. The van der Waals surface area contributed by atoms with Crippen LogP contribution in [0.5, 0.6) is 0 Å². The lowest BCUT2D eigenvalue weighted by Gasteiger charge is -2.26. The first-order valence-electron chi connectivity index (χ1n) is 3.89. The molecular formula is C8H19NOSi. The van der Waals surface area contributed by atoms with E-state index in [-0.39, 0.29) is 0 Å². The van der Waals surface area contributed by atoms with E-state index in [1.807, 2.05) is 32.0 Å². The largest absolute Gasteiger partial charge is 0.533 e. The lowest BCUT2D eigenvalue weighted by atomic mass is 10.6. The minimum absolute atomic E-state index is 0.976. The lowest BCUT2D eigenvalue weighted by Crippen LogP contribution is -2.29. The van der Waals surface area contributed by atoms with Crippen LogP contribution in [0.1, 0.15) is 6.92 Å². The minimum atomic E-state index is -1.41. The summed E-state index contributed by atoms with van der Waals surface area (Å²) in [5, 5.41) is 0. The van der Waals surface area contributed by atoms with Crippen LogP contribution in [0.25, 0.3) is 0 Å². The summed E-state index contributed by atoms with van der Waals surface area (Å²) in [6.45, 7) is 8.54. The Hall–Kier alpha value is -0.443.